The molecule has 0 aromatic carbocycles. The molecule has 0 aliphatic rings. The predicted molar refractivity (Wildman–Crippen MR) is 41.3 cm³/mol. The SMILES string of the molecule is CCn1cnc(C(=O)CN)c1. The Labute approximate surface area is 65.0 Å². The minimum Gasteiger partial charge on any atom is -0.337 e. The third-order valence-corrected chi connectivity index (χ3v) is 1.47. The van der Waals surface area contributed by atoms with Crippen molar-refractivity contribution in [3.63, 3.8) is 0 Å². The molecule has 0 saturated carbocycles. The fraction of sp³-hybridized carbons (Fsp3) is 0.429. The van der Waals surface area contributed by atoms with Crippen LogP contribution in [0.2, 0.25) is 0 Å². The van der Waals surface area contributed by atoms with Crippen molar-refractivity contribution in [2.45, 2.75) is 13.5 Å². The number of nitrogens with zero attached hydrogens (tertiary/aromatic N) is 2. The Balaban J connectivity index is 2.80. The zero-order chi connectivity index (χ0) is 8.27. The van der Waals surface area contributed by atoms with Crippen LogP contribution in [0.5, 0.6) is 0 Å². The van der Waals surface area contributed by atoms with E-state index in [2.05, 4.69) is 4.98 Å². The normalized spacial score (nSPS) is 10.0. The highest BCUT2D eigenvalue weighted by Crippen LogP contribution is 1.95. The Kier molecular flexibility index (Phi) is 2.38. The Morgan fingerprint density at radius 3 is 3.00 bits per heavy atom. The summed E-state index contributed by atoms with van der Waals surface area (Å²) in [6.07, 6.45) is 3.33. The van der Waals surface area contributed by atoms with Gasteiger partial charge in [-0.2, -0.15) is 0 Å². The fourth-order valence-corrected chi connectivity index (χ4v) is 0.782. The van der Waals surface area contributed by atoms with Gasteiger partial charge in [-0.05, 0) is 6.92 Å². The van der Waals surface area contributed by atoms with Gasteiger partial charge in [0.2, 0.25) is 0 Å². The molecule has 1 rings (SSSR count). The molecule has 1 heterocycles. The first-order valence-corrected chi connectivity index (χ1v) is 3.53. The van der Waals surface area contributed by atoms with E-state index in [0.717, 1.165) is 6.54 Å². The molecule has 1 aromatic heterocycles. The second-order valence-corrected chi connectivity index (χ2v) is 2.22. The minimum absolute atomic E-state index is 0.0285. The lowest BCUT2D eigenvalue weighted by Gasteiger charge is -1.90. The van der Waals surface area contributed by atoms with Gasteiger partial charge in [-0.3, -0.25) is 4.79 Å². The third kappa shape index (κ3) is 1.65. The summed E-state index contributed by atoms with van der Waals surface area (Å²) in [7, 11) is 0. The van der Waals surface area contributed by atoms with Gasteiger partial charge in [-0.1, -0.05) is 0 Å². The number of ketones is 1. The summed E-state index contributed by atoms with van der Waals surface area (Å²) in [6, 6.07) is 0. The van der Waals surface area contributed by atoms with Crippen molar-refractivity contribution < 1.29 is 4.79 Å². The highest BCUT2D eigenvalue weighted by molar-refractivity contribution is 5.95. The number of hydrogen-bond donors (Lipinski definition) is 1. The summed E-state index contributed by atoms with van der Waals surface area (Å²) < 4.78 is 1.84. The molecule has 0 amide bonds. The van der Waals surface area contributed by atoms with E-state index in [1.165, 1.54) is 0 Å². The zero-order valence-electron chi connectivity index (χ0n) is 6.45. The molecule has 2 N–H and O–H groups in total. The average molecular weight is 153 g/mol. The van der Waals surface area contributed by atoms with E-state index in [1.807, 2.05) is 11.5 Å². The van der Waals surface area contributed by atoms with Crippen molar-refractivity contribution in [1.82, 2.24) is 9.55 Å². The minimum atomic E-state index is -0.114. The summed E-state index contributed by atoms with van der Waals surface area (Å²) in [5, 5.41) is 0. The number of aromatic nitrogens is 2. The summed E-state index contributed by atoms with van der Waals surface area (Å²) in [5.74, 6) is -0.114. The van der Waals surface area contributed by atoms with E-state index in [0.29, 0.717) is 5.69 Å². The molecule has 0 bridgehead atoms. The van der Waals surface area contributed by atoms with Gasteiger partial charge in [0.05, 0.1) is 12.9 Å². The van der Waals surface area contributed by atoms with Gasteiger partial charge in [-0.15, -0.1) is 0 Å². The van der Waals surface area contributed by atoms with Gasteiger partial charge in [-0.25, -0.2) is 4.98 Å². The molecule has 0 atom stereocenters. The Bertz CT molecular complexity index is 254. The molecule has 0 spiro atoms. The van der Waals surface area contributed by atoms with Crippen molar-refractivity contribution in [3.05, 3.63) is 18.2 Å². The summed E-state index contributed by atoms with van der Waals surface area (Å²) >= 11 is 0. The number of carbonyl (C=O) groups excluding carboxylic acids is 1. The zero-order valence-corrected chi connectivity index (χ0v) is 6.45. The Morgan fingerprint density at radius 1 is 1.82 bits per heavy atom. The third-order valence-electron chi connectivity index (χ3n) is 1.47. The molecule has 4 heteroatoms. The topological polar surface area (TPSA) is 60.9 Å². The van der Waals surface area contributed by atoms with Crippen LogP contribution >= 0.6 is 0 Å². The van der Waals surface area contributed by atoms with Gasteiger partial charge < -0.3 is 10.3 Å². The maximum absolute atomic E-state index is 10.9. The quantitative estimate of drug-likeness (QED) is 0.624. The number of aryl methyl sites for hydroxylation is 1. The van der Waals surface area contributed by atoms with Crippen molar-refractivity contribution in [3.8, 4) is 0 Å². The van der Waals surface area contributed by atoms with Crippen LogP contribution in [0, 0.1) is 0 Å². The maximum Gasteiger partial charge on any atom is 0.196 e. The van der Waals surface area contributed by atoms with E-state index in [1.54, 1.807) is 12.5 Å². The average Bonchev–Trinajstić information content (AvgIpc) is 2.50. The van der Waals surface area contributed by atoms with Crippen LogP contribution in [0.3, 0.4) is 0 Å². The standard InChI is InChI=1S/C7H11N3O/c1-2-10-4-6(9-5-10)7(11)3-8/h4-5H,2-3,8H2,1H3. The van der Waals surface area contributed by atoms with Crippen molar-refractivity contribution in [2.75, 3.05) is 6.54 Å². The van der Waals surface area contributed by atoms with E-state index in [-0.39, 0.29) is 12.3 Å². The molecule has 0 aliphatic heterocycles. The molecular weight excluding hydrogens is 142 g/mol. The second kappa shape index (κ2) is 3.30. The molecule has 0 fully saturated rings. The monoisotopic (exact) mass is 153 g/mol. The molecule has 0 saturated heterocycles. The lowest BCUT2D eigenvalue weighted by molar-refractivity contribution is 0.0997. The van der Waals surface area contributed by atoms with Crippen LogP contribution in [0.1, 0.15) is 17.4 Å². The molecule has 4 nitrogen and oxygen atoms in total. The van der Waals surface area contributed by atoms with Crippen LogP contribution in [-0.4, -0.2) is 21.9 Å². The molecular formula is C7H11N3O. The lowest BCUT2D eigenvalue weighted by atomic mass is 10.3. The fourth-order valence-electron chi connectivity index (χ4n) is 0.782. The molecule has 0 radical (unpaired) electrons. The molecule has 1 aromatic rings. The first-order chi connectivity index (χ1) is 5.27. The highest BCUT2D eigenvalue weighted by Gasteiger charge is 2.05. The molecule has 60 valence electrons. The number of hydrogen-bond acceptors (Lipinski definition) is 3. The first-order valence-electron chi connectivity index (χ1n) is 3.53. The predicted octanol–water partition coefficient (Wildman–Crippen LogP) is 0.0444. The van der Waals surface area contributed by atoms with Crippen LogP contribution in [0.15, 0.2) is 12.5 Å². The van der Waals surface area contributed by atoms with E-state index < -0.39 is 0 Å². The first kappa shape index (κ1) is 7.94. The number of imidazole rings is 1. The van der Waals surface area contributed by atoms with Crippen molar-refractivity contribution in [2.24, 2.45) is 5.73 Å². The van der Waals surface area contributed by atoms with Crippen LogP contribution in [0.25, 0.3) is 0 Å². The summed E-state index contributed by atoms with van der Waals surface area (Å²) in [4.78, 5) is 14.8. The van der Waals surface area contributed by atoms with Gasteiger partial charge >= 0.3 is 0 Å². The lowest BCUT2D eigenvalue weighted by Crippen LogP contribution is -2.13. The van der Waals surface area contributed by atoms with Crippen LogP contribution < -0.4 is 5.73 Å². The molecule has 11 heavy (non-hydrogen) atoms. The van der Waals surface area contributed by atoms with Gasteiger partial charge in [0, 0.05) is 12.7 Å². The number of carbonyl (C=O) groups is 1. The number of rotatable bonds is 3. The summed E-state index contributed by atoms with van der Waals surface area (Å²) in [6.45, 7) is 2.84. The summed E-state index contributed by atoms with van der Waals surface area (Å²) in [5.41, 5.74) is 5.61. The number of nitrogens with two attached hydrogens (primary N) is 1. The molecule has 0 unspecified atom stereocenters. The van der Waals surface area contributed by atoms with Crippen LogP contribution in [-0.2, 0) is 6.54 Å². The Morgan fingerprint density at radius 2 is 2.55 bits per heavy atom. The highest BCUT2D eigenvalue weighted by atomic mass is 16.1. The maximum atomic E-state index is 10.9. The van der Waals surface area contributed by atoms with Crippen LogP contribution in [0.4, 0.5) is 0 Å². The smallest absolute Gasteiger partial charge is 0.196 e. The van der Waals surface area contributed by atoms with Crippen molar-refractivity contribution >= 4 is 5.78 Å². The van der Waals surface area contributed by atoms with E-state index >= 15 is 0 Å². The van der Waals surface area contributed by atoms with Gasteiger partial charge in [0.1, 0.15) is 5.69 Å². The second-order valence-electron chi connectivity index (χ2n) is 2.22. The van der Waals surface area contributed by atoms with E-state index in [4.69, 9.17) is 5.73 Å². The molecule has 0 aliphatic carbocycles. The van der Waals surface area contributed by atoms with Gasteiger partial charge in [0.25, 0.3) is 0 Å². The Hall–Kier alpha value is -1.16. The van der Waals surface area contributed by atoms with E-state index in [9.17, 15) is 4.79 Å². The van der Waals surface area contributed by atoms with Crippen molar-refractivity contribution in [1.29, 1.82) is 0 Å². The van der Waals surface area contributed by atoms with Gasteiger partial charge in [0.15, 0.2) is 5.78 Å². The number of Topliss-reactive ketones (excluding diaryl/α,β-unsaturated/α-hetero) is 1. The largest absolute Gasteiger partial charge is 0.337 e.